The largest absolute Gasteiger partial charge is 0.508 e. The standard InChI is InChI=1S/C24H31NO2.C2HF3O2/c1-16(2)19-8-18(9-21(26)10-19)14-25-24-12-20-11-22(13-23(20)24)27-15-17-6-4-3-5-7-17;3-2(4,5)1(6)7/h3-10,16,20,22-26H,11-15H2,1-2H3;(H,6,7)/t20-,22?,23-,24?;/m0./s1. The fourth-order valence-electron chi connectivity index (χ4n) is 4.72. The minimum absolute atomic E-state index is 0.375. The van der Waals surface area contributed by atoms with Crippen LogP contribution in [0.2, 0.25) is 0 Å². The predicted molar refractivity (Wildman–Crippen MR) is 122 cm³/mol. The molecule has 4 rings (SSSR count). The van der Waals surface area contributed by atoms with Crippen LogP contribution in [-0.4, -0.2) is 34.5 Å². The summed E-state index contributed by atoms with van der Waals surface area (Å²) in [4.78, 5) is 8.90. The summed E-state index contributed by atoms with van der Waals surface area (Å²) in [6.07, 6.45) is -1.04. The Morgan fingerprint density at radius 3 is 2.38 bits per heavy atom. The maximum absolute atomic E-state index is 10.6. The predicted octanol–water partition coefficient (Wildman–Crippen LogP) is 5.62. The second-order valence-corrected chi connectivity index (χ2v) is 9.43. The molecule has 0 amide bonds. The van der Waals surface area contributed by atoms with Crippen LogP contribution >= 0.6 is 0 Å². The molecule has 0 aromatic heterocycles. The molecule has 34 heavy (non-hydrogen) atoms. The smallest absolute Gasteiger partial charge is 0.490 e. The van der Waals surface area contributed by atoms with Crippen LogP contribution in [-0.2, 0) is 22.7 Å². The van der Waals surface area contributed by atoms with E-state index in [9.17, 15) is 18.3 Å². The van der Waals surface area contributed by atoms with Crippen molar-refractivity contribution < 1.29 is 32.9 Å². The number of hydrogen-bond acceptors (Lipinski definition) is 4. The second-order valence-electron chi connectivity index (χ2n) is 9.43. The number of fused-ring (bicyclic) bond motifs is 1. The highest BCUT2D eigenvalue weighted by Crippen LogP contribution is 2.48. The van der Waals surface area contributed by atoms with Crippen molar-refractivity contribution in [1.29, 1.82) is 0 Å². The molecule has 4 atom stereocenters. The molecular weight excluding hydrogens is 447 g/mol. The van der Waals surface area contributed by atoms with Crippen molar-refractivity contribution in [3.05, 3.63) is 65.2 Å². The Hall–Kier alpha value is -2.58. The van der Waals surface area contributed by atoms with E-state index < -0.39 is 12.1 Å². The average Bonchev–Trinajstić information content (AvgIpc) is 3.08. The number of phenolic OH excluding ortho intramolecular Hbond substituents is 1. The highest BCUT2D eigenvalue weighted by molar-refractivity contribution is 5.73. The molecular formula is C26H32F3NO4. The Morgan fingerprint density at radius 1 is 1.09 bits per heavy atom. The Kier molecular flexibility index (Phi) is 8.60. The van der Waals surface area contributed by atoms with Gasteiger partial charge in [0.1, 0.15) is 5.75 Å². The van der Waals surface area contributed by atoms with E-state index in [1.807, 2.05) is 18.2 Å². The third-order valence-corrected chi connectivity index (χ3v) is 6.59. The van der Waals surface area contributed by atoms with E-state index in [1.165, 1.54) is 36.0 Å². The Morgan fingerprint density at radius 2 is 1.76 bits per heavy atom. The third kappa shape index (κ3) is 7.21. The first-order chi connectivity index (χ1) is 16.0. The monoisotopic (exact) mass is 479 g/mol. The van der Waals surface area contributed by atoms with Crippen molar-refractivity contribution in [2.45, 2.75) is 70.5 Å². The van der Waals surface area contributed by atoms with Crippen molar-refractivity contribution >= 4 is 5.97 Å². The summed E-state index contributed by atoms with van der Waals surface area (Å²) in [5.41, 5.74) is 3.64. The van der Waals surface area contributed by atoms with Crippen LogP contribution < -0.4 is 5.32 Å². The van der Waals surface area contributed by atoms with Gasteiger partial charge >= 0.3 is 12.1 Å². The Balaban J connectivity index is 0.000000406. The van der Waals surface area contributed by atoms with Crippen LogP contribution in [0.15, 0.2) is 48.5 Å². The van der Waals surface area contributed by atoms with E-state index in [0.717, 1.165) is 25.0 Å². The minimum Gasteiger partial charge on any atom is -0.508 e. The van der Waals surface area contributed by atoms with Gasteiger partial charge in [0.15, 0.2) is 0 Å². The normalized spacial score (nSPS) is 23.6. The summed E-state index contributed by atoms with van der Waals surface area (Å²) in [7, 11) is 0. The van der Waals surface area contributed by atoms with Gasteiger partial charge in [0, 0.05) is 12.6 Å². The van der Waals surface area contributed by atoms with Gasteiger partial charge < -0.3 is 20.3 Å². The highest BCUT2D eigenvalue weighted by Gasteiger charge is 2.47. The number of rotatable bonds is 7. The van der Waals surface area contributed by atoms with Gasteiger partial charge in [-0.15, -0.1) is 0 Å². The van der Waals surface area contributed by atoms with E-state index in [-0.39, 0.29) is 0 Å². The van der Waals surface area contributed by atoms with E-state index in [0.29, 0.717) is 23.8 Å². The lowest BCUT2D eigenvalue weighted by atomic mass is 9.71. The number of carboxylic acid groups (broad SMARTS) is 1. The molecule has 2 fully saturated rings. The SMILES string of the molecule is CC(C)c1cc(O)cc(CNC2C[C@@H]3CC(OCc4ccccc4)C[C@H]23)c1.O=C(O)C(F)(F)F. The first-order valence-electron chi connectivity index (χ1n) is 11.5. The number of alkyl halides is 3. The zero-order valence-electron chi connectivity index (χ0n) is 19.4. The Bertz CT molecular complexity index is 949. The molecule has 0 heterocycles. The molecule has 2 aliphatic carbocycles. The topological polar surface area (TPSA) is 78.8 Å². The van der Waals surface area contributed by atoms with Crippen molar-refractivity contribution in [2.24, 2.45) is 11.8 Å². The average molecular weight is 480 g/mol. The molecule has 2 aliphatic rings. The molecule has 0 aliphatic heterocycles. The molecule has 0 bridgehead atoms. The lowest BCUT2D eigenvalue weighted by Gasteiger charge is -2.41. The first kappa shape index (κ1) is 26.0. The number of carboxylic acids is 1. The maximum Gasteiger partial charge on any atom is 0.490 e. The second kappa shape index (κ2) is 11.2. The van der Waals surface area contributed by atoms with Crippen LogP contribution in [0.3, 0.4) is 0 Å². The zero-order chi connectivity index (χ0) is 24.9. The molecule has 0 radical (unpaired) electrons. The molecule has 3 N–H and O–H groups in total. The van der Waals surface area contributed by atoms with Gasteiger partial charge in [-0.05, 0) is 65.8 Å². The van der Waals surface area contributed by atoms with Gasteiger partial charge in [-0.25, -0.2) is 4.79 Å². The fourth-order valence-corrected chi connectivity index (χ4v) is 4.72. The zero-order valence-corrected chi connectivity index (χ0v) is 19.4. The fraction of sp³-hybridized carbons (Fsp3) is 0.500. The van der Waals surface area contributed by atoms with Gasteiger partial charge in [-0.3, -0.25) is 0 Å². The number of aliphatic carboxylic acids is 1. The number of carbonyl (C=O) groups is 1. The maximum atomic E-state index is 10.6. The summed E-state index contributed by atoms with van der Waals surface area (Å²) in [6.45, 7) is 5.88. The van der Waals surface area contributed by atoms with Gasteiger partial charge in [0.2, 0.25) is 0 Å². The highest BCUT2D eigenvalue weighted by atomic mass is 19.4. The number of nitrogens with one attached hydrogen (secondary N) is 1. The number of halogens is 3. The molecule has 2 saturated carbocycles. The molecule has 2 unspecified atom stereocenters. The summed E-state index contributed by atoms with van der Waals surface area (Å²) in [6, 6.07) is 17.0. The van der Waals surface area contributed by atoms with E-state index in [2.05, 4.69) is 49.5 Å². The van der Waals surface area contributed by atoms with E-state index in [4.69, 9.17) is 14.6 Å². The third-order valence-electron chi connectivity index (χ3n) is 6.59. The van der Waals surface area contributed by atoms with E-state index in [1.54, 1.807) is 0 Å². The molecule has 2 aromatic rings. The lowest BCUT2D eigenvalue weighted by Crippen LogP contribution is -2.47. The molecule has 0 spiro atoms. The van der Waals surface area contributed by atoms with Crippen LogP contribution in [0.1, 0.15) is 55.7 Å². The van der Waals surface area contributed by atoms with Crippen molar-refractivity contribution in [2.75, 3.05) is 0 Å². The minimum atomic E-state index is -5.08. The van der Waals surface area contributed by atoms with Crippen molar-refractivity contribution in [1.82, 2.24) is 5.32 Å². The molecule has 186 valence electrons. The molecule has 8 heteroatoms. The van der Waals surface area contributed by atoms with E-state index >= 15 is 0 Å². The van der Waals surface area contributed by atoms with Gasteiger partial charge in [-0.1, -0.05) is 50.2 Å². The molecule has 2 aromatic carbocycles. The first-order valence-corrected chi connectivity index (χ1v) is 11.5. The van der Waals surface area contributed by atoms with Crippen LogP contribution in [0.5, 0.6) is 5.75 Å². The van der Waals surface area contributed by atoms with Crippen LogP contribution in [0, 0.1) is 11.8 Å². The number of aromatic hydroxyl groups is 1. The summed E-state index contributed by atoms with van der Waals surface area (Å²) in [5.74, 6) is -0.389. The number of ether oxygens (including phenoxy) is 1. The summed E-state index contributed by atoms with van der Waals surface area (Å²) >= 11 is 0. The van der Waals surface area contributed by atoms with Gasteiger partial charge in [0.25, 0.3) is 0 Å². The number of hydrogen-bond donors (Lipinski definition) is 3. The van der Waals surface area contributed by atoms with Gasteiger partial charge in [-0.2, -0.15) is 13.2 Å². The summed E-state index contributed by atoms with van der Waals surface area (Å²) < 4.78 is 37.9. The van der Waals surface area contributed by atoms with Crippen molar-refractivity contribution in [3.8, 4) is 5.75 Å². The van der Waals surface area contributed by atoms with Crippen LogP contribution in [0.25, 0.3) is 0 Å². The lowest BCUT2D eigenvalue weighted by molar-refractivity contribution is -0.192. The molecule has 5 nitrogen and oxygen atoms in total. The number of benzene rings is 2. The number of phenols is 1. The molecule has 0 saturated heterocycles. The summed E-state index contributed by atoms with van der Waals surface area (Å²) in [5, 5.41) is 20.8. The quantitative estimate of drug-likeness (QED) is 0.480. The van der Waals surface area contributed by atoms with Gasteiger partial charge in [0.05, 0.1) is 12.7 Å². The Labute approximate surface area is 198 Å². The van der Waals surface area contributed by atoms with Crippen LogP contribution in [0.4, 0.5) is 13.2 Å². The van der Waals surface area contributed by atoms with Crippen molar-refractivity contribution in [3.63, 3.8) is 0 Å².